The van der Waals surface area contributed by atoms with Crippen molar-refractivity contribution in [1.82, 2.24) is 14.7 Å². The van der Waals surface area contributed by atoms with E-state index in [-0.39, 0.29) is 22.8 Å². The van der Waals surface area contributed by atoms with E-state index >= 15 is 0 Å². The highest BCUT2D eigenvalue weighted by atomic mass is 16.2. The molecule has 2 heterocycles. The predicted molar refractivity (Wildman–Crippen MR) is 98.5 cm³/mol. The molecule has 1 aromatic heterocycles. The van der Waals surface area contributed by atoms with Crippen LogP contribution in [0.25, 0.3) is 10.8 Å². The summed E-state index contributed by atoms with van der Waals surface area (Å²) < 4.78 is 1.43. The summed E-state index contributed by atoms with van der Waals surface area (Å²) in [5, 5.41) is 5.61. The van der Waals surface area contributed by atoms with Crippen molar-refractivity contribution in [2.45, 2.75) is 33.7 Å². The van der Waals surface area contributed by atoms with E-state index in [1.165, 1.54) is 4.68 Å². The minimum Gasteiger partial charge on any atom is -0.337 e. The Labute approximate surface area is 147 Å². The first-order chi connectivity index (χ1) is 11.8. The van der Waals surface area contributed by atoms with Gasteiger partial charge in [0.15, 0.2) is 5.69 Å². The van der Waals surface area contributed by atoms with Gasteiger partial charge in [-0.3, -0.25) is 9.59 Å². The van der Waals surface area contributed by atoms with E-state index in [2.05, 4.69) is 12.0 Å². The molecule has 134 valence electrons. The Morgan fingerprint density at radius 2 is 2.00 bits per heavy atom. The van der Waals surface area contributed by atoms with Gasteiger partial charge in [0, 0.05) is 25.0 Å². The number of nitrogens with two attached hydrogens (primary N) is 1. The van der Waals surface area contributed by atoms with Crippen LogP contribution in [0.5, 0.6) is 0 Å². The largest absolute Gasteiger partial charge is 0.337 e. The van der Waals surface area contributed by atoms with Crippen LogP contribution in [-0.4, -0.2) is 40.2 Å². The summed E-state index contributed by atoms with van der Waals surface area (Å²) in [5.41, 5.74) is 6.03. The second-order valence-corrected chi connectivity index (χ2v) is 7.77. The van der Waals surface area contributed by atoms with E-state index in [1.54, 1.807) is 12.1 Å². The van der Waals surface area contributed by atoms with Crippen LogP contribution in [0, 0.1) is 11.3 Å². The van der Waals surface area contributed by atoms with Gasteiger partial charge in [0.25, 0.3) is 11.5 Å². The van der Waals surface area contributed by atoms with Crippen molar-refractivity contribution < 1.29 is 4.79 Å². The summed E-state index contributed by atoms with van der Waals surface area (Å²) >= 11 is 0. The molecule has 25 heavy (non-hydrogen) atoms. The van der Waals surface area contributed by atoms with Gasteiger partial charge in [-0.25, -0.2) is 4.68 Å². The number of aromatic nitrogens is 2. The van der Waals surface area contributed by atoms with Crippen LogP contribution in [-0.2, 0) is 6.54 Å². The first kappa shape index (κ1) is 17.6. The van der Waals surface area contributed by atoms with Gasteiger partial charge in [-0.15, -0.1) is 0 Å². The molecule has 2 aromatic rings. The quantitative estimate of drug-likeness (QED) is 0.919. The molecule has 1 saturated heterocycles. The van der Waals surface area contributed by atoms with Gasteiger partial charge in [0.05, 0.1) is 5.39 Å². The maximum absolute atomic E-state index is 13.1. The molecule has 3 rings (SSSR count). The van der Waals surface area contributed by atoms with Gasteiger partial charge < -0.3 is 10.6 Å². The maximum atomic E-state index is 13.1. The van der Waals surface area contributed by atoms with Crippen molar-refractivity contribution in [3.8, 4) is 0 Å². The van der Waals surface area contributed by atoms with Crippen LogP contribution in [0.2, 0.25) is 0 Å². The molecular formula is C19H26N4O2. The van der Waals surface area contributed by atoms with Crippen molar-refractivity contribution in [3.63, 3.8) is 0 Å². The number of hydrogen-bond donors (Lipinski definition) is 1. The van der Waals surface area contributed by atoms with Crippen molar-refractivity contribution in [2.75, 3.05) is 19.6 Å². The molecule has 1 fully saturated rings. The summed E-state index contributed by atoms with van der Waals surface area (Å²) in [6, 6.07) is 7.22. The number of benzene rings is 1. The minimum absolute atomic E-state index is 0.0438. The Balaban J connectivity index is 2.07. The molecule has 0 spiro atoms. The molecule has 1 aliphatic heterocycles. The first-order valence-electron chi connectivity index (χ1n) is 8.84. The van der Waals surface area contributed by atoms with Crippen LogP contribution in [0.3, 0.4) is 0 Å². The third kappa shape index (κ3) is 3.31. The topological polar surface area (TPSA) is 81.2 Å². The Morgan fingerprint density at radius 1 is 1.32 bits per heavy atom. The SMILES string of the molecule is CC(C)Cn1nc(C(=O)N2CCC(C)(CN)C2)c2ccccc2c1=O. The molecule has 0 aliphatic carbocycles. The molecular weight excluding hydrogens is 316 g/mol. The third-order valence-corrected chi connectivity index (χ3v) is 4.95. The molecule has 6 nitrogen and oxygen atoms in total. The second-order valence-electron chi connectivity index (χ2n) is 7.77. The molecule has 0 saturated carbocycles. The van der Waals surface area contributed by atoms with Crippen LogP contribution >= 0.6 is 0 Å². The monoisotopic (exact) mass is 342 g/mol. The average molecular weight is 342 g/mol. The standard InChI is InChI=1S/C19H26N4O2/c1-13(2)10-23-17(24)15-7-5-4-6-14(15)16(21-23)18(25)22-9-8-19(3,11-20)12-22/h4-7,13H,8-12,20H2,1-3H3. The molecule has 2 N–H and O–H groups in total. The van der Waals surface area contributed by atoms with Crippen LogP contribution in [0.1, 0.15) is 37.7 Å². The number of nitrogens with zero attached hydrogens (tertiary/aromatic N) is 3. The zero-order valence-corrected chi connectivity index (χ0v) is 15.2. The third-order valence-electron chi connectivity index (χ3n) is 4.95. The highest BCUT2D eigenvalue weighted by molar-refractivity contribution is 6.04. The smallest absolute Gasteiger partial charge is 0.274 e. The minimum atomic E-state index is -0.144. The van der Waals surface area contributed by atoms with Gasteiger partial charge in [0.1, 0.15) is 0 Å². The van der Waals surface area contributed by atoms with Crippen LogP contribution < -0.4 is 11.3 Å². The van der Waals surface area contributed by atoms with E-state index < -0.39 is 0 Å². The maximum Gasteiger partial charge on any atom is 0.274 e. The van der Waals surface area contributed by atoms with Gasteiger partial charge in [-0.2, -0.15) is 5.10 Å². The molecule has 1 amide bonds. The Kier molecular flexibility index (Phi) is 4.64. The number of carbonyl (C=O) groups is 1. The lowest BCUT2D eigenvalue weighted by Gasteiger charge is -2.23. The summed E-state index contributed by atoms with van der Waals surface area (Å²) in [5.74, 6) is 0.146. The fraction of sp³-hybridized carbons (Fsp3) is 0.526. The fourth-order valence-electron chi connectivity index (χ4n) is 3.38. The zero-order valence-electron chi connectivity index (χ0n) is 15.2. The van der Waals surface area contributed by atoms with Crippen molar-refractivity contribution >= 4 is 16.7 Å². The number of fused-ring (bicyclic) bond motifs is 1. The van der Waals surface area contributed by atoms with Crippen molar-refractivity contribution in [1.29, 1.82) is 0 Å². The molecule has 0 radical (unpaired) electrons. The summed E-state index contributed by atoms with van der Waals surface area (Å²) in [6.45, 7) is 8.50. The lowest BCUT2D eigenvalue weighted by molar-refractivity contribution is 0.0770. The number of amides is 1. The first-order valence-corrected chi connectivity index (χ1v) is 8.84. The predicted octanol–water partition coefficient (Wildman–Crippen LogP) is 1.86. The Morgan fingerprint density at radius 3 is 2.60 bits per heavy atom. The number of carbonyl (C=O) groups excluding carboxylic acids is 1. The van der Waals surface area contributed by atoms with Gasteiger partial charge in [-0.05, 0) is 30.4 Å². The molecule has 1 unspecified atom stereocenters. The molecule has 6 heteroatoms. The van der Waals surface area contributed by atoms with Gasteiger partial charge >= 0.3 is 0 Å². The van der Waals surface area contributed by atoms with Crippen LogP contribution in [0.4, 0.5) is 0 Å². The summed E-state index contributed by atoms with van der Waals surface area (Å²) in [7, 11) is 0. The average Bonchev–Trinajstić information content (AvgIpc) is 2.99. The van der Waals surface area contributed by atoms with E-state index in [1.807, 2.05) is 30.9 Å². The zero-order chi connectivity index (χ0) is 18.2. The number of likely N-dealkylation sites (tertiary alicyclic amines) is 1. The lowest BCUT2D eigenvalue weighted by atomic mass is 9.90. The molecule has 1 aliphatic rings. The van der Waals surface area contributed by atoms with Gasteiger partial charge in [0.2, 0.25) is 0 Å². The molecule has 0 bridgehead atoms. The van der Waals surface area contributed by atoms with Crippen LogP contribution in [0.15, 0.2) is 29.1 Å². The highest BCUT2D eigenvalue weighted by Gasteiger charge is 2.36. The molecule has 1 aromatic carbocycles. The molecule has 1 atom stereocenters. The Bertz CT molecular complexity index is 858. The normalized spacial score (nSPS) is 20.6. The van der Waals surface area contributed by atoms with Crippen molar-refractivity contribution in [2.24, 2.45) is 17.1 Å². The van der Waals surface area contributed by atoms with Gasteiger partial charge in [-0.1, -0.05) is 39.0 Å². The fourth-order valence-corrected chi connectivity index (χ4v) is 3.38. The van der Waals surface area contributed by atoms with E-state index in [9.17, 15) is 9.59 Å². The lowest BCUT2D eigenvalue weighted by Crippen LogP contribution is -2.36. The van der Waals surface area contributed by atoms with E-state index in [4.69, 9.17) is 5.73 Å². The van der Waals surface area contributed by atoms with E-state index in [0.717, 1.165) is 6.42 Å². The second kappa shape index (κ2) is 6.59. The highest BCUT2D eigenvalue weighted by Crippen LogP contribution is 2.30. The summed E-state index contributed by atoms with van der Waals surface area (Å²) in [4.78, 5) is 27.6. The Hall–Kier alpha value is -2.21. The van der Waals surface area contributed by atoms with Crippen molar-refractivity contribution in [3.05, 3.63) is 40.3 Å². The van der Waals surface area contributed by atoms with E-state index in [0.29, 0.717) is 42.6 Å². The number of hydrogen-bond acceptors (Lipinski definition) is 4. The number of rotatable bonds is 4. The summed E-state index contributed by atoms with van der Waals surface area (Å²) in [6.07, 6.45) is 0.888.